The number of hydrogen-bond acceptors (Lipinski definition) is 2. The normalized spacial score (nSPS) is 18.0. The Labute approximate surface area is 173 Å². The number of carbonyl (C=O) groups excluding carboxylic acids is 2. The molecule has 0 aliphatic carbocycles. The molecule has 0 radical (unpaired) electrons. The number of carbonyl (C=O) groups is 2. The Balaban J connectivity index is 1.65. The van der Waals surface area contributed by atoms with E-state index in [1.54, 1.807) is 0 Å². The number of amides is 2. The van der Waals surface area contributed by atoms with E-state index in [0.717, 1.165) is 22.6 Å². The Hall–Kier alpha value is -2.87. The maximum atomic E-state index is 13.0. The highest BCUT2D eigenvalue weighted by Crippen LogP contribution is 2.33. The summed E-state index contributed by atoms with van der Waals surface area (Å²) in [6.45, 7) is 0.468. The SMILES string of the molecule is C[NH+](C)[C@H](CNC(=O)[C@H]1CC(=O)N(c2cccc(C(F)(F)F)c2)C1)c1ccccc1. The van der Waals surface area contributed by atoms with Crippen molar-refractivity contribution in [2.45, 2.75) is 18.6 Å². The summed E-state index contributed by atoms with van der Waals surface area (Å²) >= 11 is 0. The molecule has 2 amide bonds. The first-order valence-corrected chi connectivity index (χ1v) is 9.77. The van der Waals surface area contributed by atoms with Crippen LogP contribution in [-0.4, -0.2) is 39.0 Å². The zero-order valence-electron chi connectivity index (χ0n) is 16.9. The number of anilines is 1. The maximum absolute atomic E-state index is 13.0. The molecule has 2 aromatic carbocycles. The Morgan fingerprint density at radius 1 is 1.17 bits per heavy atom. The fourth-order valence-electron chi connectivity index (χ4n) is 3.67. The summed E-state index contributed by atoms with van der Waals surface area (Å²) in [4.78, 5) is 27.5. The molecule has 1 aliphatic rings. The van der Waals surface area contributed by atoms with Crippen molar-refractivity contribution in [1.82, 2.24) is 5.32 Å². The number of nitrogens with one attached hydrogen (secondary N) is 2. The van der Waals surface area contributed by atoms with E-state index in [4.69, 9.17) is 0 Å². The highest BCUT2D eigenvalue weighted by molar-refractivity contribution is 6.00. The van der Waals surface area contributed by atoms with E-state index in [1.165, 1.54) is 17.0 Å². The number of likely N-dealkylation sites (N-methyl/N-ethyl adjacent to an activating group) is 1. The monoisotopic (exact) mass is 420 g/mol. The molecular weight excluding hydrogens is 395 g/mol. The van der Waals surface area contributed by atoms with Crippen LogP contribution in [0.4, 0.5) is 18.9 Å². The average Bonchev–Trinajstić information content (AvgIpc) is 3.10. The minimum atomic E-state index is -4.49. The van der Waals surface area contributed by atoms with Crippen LogP contribution < -0.4 is 15.1 Å². The van der Waals surface area contributed by atoms with Gasteiger partial charge in [0, 0.05) is 24.2 Å². The van der Waals surface area contributed by atoms with E-state index in [2.05, 4.69) is 5.32 Å². The van der Waals surface area contributed by atoms with Crippen LogP contribution in [-0.2, 0) is 15.8 Å². The van der Waals surface area contributed by atoms with Crippen molar-refractivity contribution in [1.29, 1.82) is 0 Å². The second-order valence-corrected chi connectivity index (χ2v) is 7.74. The molecule has 8 heteroatoms. The third-order valence-electron chi connectivity index (χ3n) is 5.36. The average molecular weight is 420 g/mol. The van der Waals surface area contributed by atoms with Crippen LogP contribution in [0.5, 0.6) is 0 Å². The van der Waals surface area contributed by atoms with Gasteiger partial charge >= 0.3 is 6.18 Å². The molecule has 2 N–H and O–H groups in total. The first kappa shape index (κ1) is 21.8. The molecule has 1 saturated heterocycles. The lowest BCUT2D eigenvalue weighted by molar-refractivity contribution is -0.890. The Morgan fingerprint density at radius 2 is 1.87 bits per heavy atom. The van der Waals surface area contributed by atoms with Crippen LogP contribution in [0.2, 0.25) is 0 Å². The van der Waals surface area contributed by atoms with Crippen LogP contribution >= 0.6 is 0 Å². The number of rotatable bonds is 6. The number of halogens is 3. The van der Waals surface area contributed by atoms with Crippen LogP contribution in [0.3, 0.4) is 0 Å². The zero-order valence-corrected chi connectivity index (χ0v) is 16.9. The van der Waals surface area contributed by atoms with Gasteiger partial charge < -0.3 is 15.1 Å². The number of nitrogens with zero attached hydrogens (tertiary/aromatic N) is 1. The summed E-state index contributed by atoms with van der Waals surface area (Å²) in [5.41, 5.74) is 0.427. The molecule has 2 atom stereocenters. The number of quaternary nitrogens is 1. The van der Waals surface area contributed by atoms with Gasteiger partial charge in [0.1, 0.15) is 6.04 Å². The van der Waals surface area contributed by atoms with E-state index < -0.39 is 17.7 Å². The quantitative estimate of drug-likeness (QED) is 0.752. The number of hydrogen-bond donors (Lipinski definition) is 2. The predicted octanol–water partition coefficient (Wildman–Crippen LogP) is 2.06. The fourth-order valence-corrected chi connectivity index (χ4v) is 3.67. The van der Waals surface area contributed by atoms with Crippen LogP contribution in [0.15, 0.2) is 54.6 Å². The highest BCUT2D eigenvalue weighted by Gasteiger charge is 2.37. The molecule has 5 nitrogen and oxygen atoms in total. The third kappa shape index (κ3) is 4.99. The molecule has 2 aromatic rings. The summed E-state index contributed by atoms with van der Waals surface area (Å²) in [5, 5.41) is 2.91. The molecule has 0 aromatic heterocycles. The zero-order chi connectivity index (χ0) is 21.9. The van der Waals surface area contributed by atoms with Crippen molar-refractivity contribution >= 4 is 17.5 Å². The molecule has 0 saturated carbocycles. The lowest BCUT2D eigenvalue weighted by Crippen LogP contribution is -3.07. The standard InChI is InChI=1S/C22H24F3N3O2/c1-27(2)19(15-7-4-3-5-8-15)13-26-21(30)16-11-20(29)28(14-16)18-10-6-9-17(12-18)22(23,24)25/h3-10,12,16,19H,11,13-14H2,1-2H3,(H,26,30)/p+1/t16-,19+/m0/s1. The Bertz CT molecular complexity index is 900. The van der Waals surface area contributed by atoms with Crippen molar-refractivity contribution in [3.63, 3.8) is 0 Å². The third-order valence-corrected chi connectivity index (χ3v) is 5.36. The molecule has 160 valence electrons. The van der Waals surface area contributed by atoms with Gasteiger partial charge in [0.05, 0.1) is 32.1 Å². The number of benzene rings is 2. The molecule has 3 rings (SSSR count). The lowest BCUT2D eigenvalue weighted by atomic mass is 10.0. The van der Waals surface area contributed by atoms with Crippen molar-refractivity contribution in [3.8, 4) is 0 Å². The van der Waals surface area contributed by atoms with Gasteiger partial charge in [0.25, 0.3) is 0 Å². The first-order valence-electron chi connectivity index (χ1n) is 9.77. The van der Waals surface area contributed by atoms with Gasteiger partial charge in [-0.25, -0.2) is 0 Å². The summed E-state index contributed by atoms with van der Waals surface area (Å²) in [6, 6.07) is 14.5. The smallest absolute Gasteiger partial charge is 0.349 e. The van der Waals surface area contributed by atoms with E-state index in [1.807, 2.05) is 44.4 Å². The van der Waals surface area contributed by atoms with Crippen LogP contribution in [0, 0.1) is 5.92 Å². The summed E-state index contributed by atoms with van der Waals surface area (Å²) in [6.07, 6.45) is -4.51. The van der Waals surface area contributed by atoms with Gasteiger partial charge in [-0.1, -0.05) is 36.4 Å². The van der Waals surface area contributed by atoms with Gasteiger partial charge in [-0.2, -0.15) is 13.2 Å². The first-order chi connectivity index (χ1) is 14.2. The van der Waals surface area contributed by atoms with Crippen molar-refractivity contribution < 1.29 is 27.7 Å². The predicted molar refractivity (Wildman–Crippen MR) is 107 cm³/mol. The Kier molecular flexibility index (Phi) is 6.45. The molecule has 30 heavy (non-hydrogen) atoms. The maximum Gasteiger partial charge on any atom is 0.416 e. The van der Waals surface area contributed by atoms with Crippen molar-refractivity contribution in [2.75, 3.05) is 32.1 Å². The molecule has 1 aliphatic heterocycles. The number of alkyl halides is 3. The van der Waals surface area contributed by atoms with E-state index in [0.29, 0.717) is 6.54 Å². The molecular formula is C22H25F3N3O2+. The molecule has 0 spiro atoms. The van der Waals surface area contributed by atoms with Gasteiger partial charge in [-0.15, -0.1) is 0 Å². The van der Waals surface area contributed by atoms with E-state index >= 15 is 0 Å². The second kappa shape index (κ2) is 8.87. The molecule has 1 heterocycles. The largest absolute Gasteiger partial charge is 0.416 e. The van der Waals surface area contributed by atoms with E-state index in [9.17, 15) is 22.8 Å². The Morgan fingerprint density at radius 3 is 2.50 bits per heavy atom. The van der Waals surface area contributed by atoms with Crippen LogP contribution in [0.25, 0.3) is 0 Å². The van der Waals surface area contributed by atoms with E-state index in [-0.39, 0.29) is 36.5 Å². The molecule has 0 bridgehead atoms. The molecule has 0 unspecified atom stereocenters. The summed E-state index contributed by atoms with van der Waals surface area (Å²) in [7, 11) is 4.00. The topological polar surface area (TPSA) is 53.9 Å². The summed E-state index contributed by atoms with van der Waals surface area (Å²) in [5.74, 6) is -1.21. The fraction of sp³-hybridized carbons (Fsp3) is 0.364. The van der Waals surface area contributed by atoms with Crippen molar-refractivity contribution in [3.05, 3.63) is 65.7 Å². The minimum Gasteiger partial charge on any atom is -0.349 e. The minimum absolute atomic E-state index is 0.0209. The highest BCUT2D eigenvalue weighted by atomic mass is 19.4. The second-order valence-electron chi connectivity index (χ2n) is 7.74. The van der Waals surface area contributed by atoms with Crippen molar-refractivity contribution in [2.24, 2.45) is 5.92 Å². The summed E-state index contributed by atoms with van der Waals surface area (Å²) < 4.78 is 38.9. The van der Waals surface area contributed by atoms with Crippen LogP contribution in [0.1, 0.15) is 23.6 Å². The lowest BCUT2D eigenvalue weighted by Gasteiger charge is -2.23. The van der Waals surface area contributed by atoms with Gasteiger partial charge in [0.15, 0.2) is 0 Å². The van der Waals surface area contributed by atoms with Gasteiger partial charge in [0.2, 0.25) is 11.8 Å². The van der Waals surface area contributed by atoms with Gasteiger partial charge in [-0.05, 0) is 18.2 Å². The molecule has 1 fully saturated rings. The van der Waals surface area contributed by atoms with Gasteiger partial charge in [-0.3, -0.25) is 9.59 Å².